The van der Waals surface area contributed by atoms with Gasteiger partial charge in [0.1, 0.15) is 12.2 Å². The van der Waals surface area contributed by atoms with Gasteiger partial charge < -0.3 is 9.84 Å². The van der Waals surface area contributed by atoms with Gasteiger partial charge in [-0.05, 0) is 29.3 Å². The van der Waals surface area contributed by atoms with Crippen LogP contribution in [0.1, 0.15) is 28.9 Å². The summed E-state index contributed by atoms with van der Waals surface area (Å²) in [5.41, 5.74) is 0.127. The highest BCUT2D eigenvalue weighted by molar-refractivity contribution is 5.89. The minimum Gasteiger partial charge on any atom is -0.478 e. The molecule has 0 amide bonds. The first-order valence-corrected chi connectivity index (χ1v) is 5.19. The van der Waals surface area contributed by atoms with E-state index in [2.05, 4.69) is 0 Å². The molecule has 1 aromatic rings. The first-order chi connectivity index (χ1) is 8.38. The van der Waals surface area contributed by atoms with Crippen LogP contribution in [0, 0.1) is 0 Å². The summed E-state index contributed by atoms with van der Waals surface area (Å²) in [6.45, 7) is 0. The summed E-state index contributed by atoms with van der Waals surface area (Å²) in [7, 11) is 0. The third kappa shape index (κ3) is 1.45. The number of alkyl halides is 3. The zero-order valence-electron chi connectivity index (χ0n) is 8.86. The molecular formula is C12H7F3O3. The fourth-order valence-electron chi connectivity index (χ4n) is 2.33. The molecule has 3 nitrogen and oxygen atoms in total. The molecule has 94 valence electrons. The monoisotopic (exact) mass is 256 g/mol. The standard InChI is InChI=1S/C12H7F3O3/c13-12(14,15)5-1-2-6-7(3-5)10-8(11(16)17)4-9(6)18-10/h1-4,9-10H,(H,16,17). The number of hydrogen-bond acceptors (Lipinski definition) is 2. The van der Waals surface area contributed by atoms with Crippen molar-refractivity contribution in [1.29, 1.82) is 0 Å². The minimum atomic E-state index is -4.44. The molecule has 2 heterocycles. The fraction of sp³-hybridized carbons (Fsp3) is 0.250. The summed E-state index contributed by atoms with van der Waals surface area (Å²) in [6, 6.07) is 3.30. The van der Waals surface area contributed by atoms with E-state index in [4.69, 9.17) is 9.84 Å². The largest absolute Gasteiger partial charge is 0.478 e. The predicted octanol–water partition coefficient (Wildman–Crippen LogP) is 2.84. The molecule has 2 atom stereocenters. The maximum atomic E-state index is 12.6. The predicted molar refractivity (Wildman–Crippen MR) is 53.7 cm³/mol. The Morgan fingerprint density at radius 3 is 2.61 bits per heavy atom. The van der Waals surface area contributed by atoms with Gasteiger partial charge in [-0.25, -0.2) is 4.79 Å². The SMILES string of the molecule is O=C(O)C1=CC2OC1c1cc(C(F)(F)F)ccc12. The van der Waals surface area contributed by atoms with Crippen LogP contribution in [-0.2, 0) is 15.7 Å². The fourth-order valence-corrected chi connectivity index (χ4v) is 2.33. The van der Waals surface area contributed by atoms with Gasteiger partial charge in [-0.2, -0.15) is 13.2 Å². The Labute approximate surface area is 99.5 Å². The second-order valence-corrected chi connectivity index (χ2v) is 4.21. The normalized spacial score (nSPS) is 24.9. The van der Waals surface area contributed by atoms with Gasteiger partial charge >= 0.3 is 12.1 Å². The number of aliphatic carboxylic acids is 1. The maximum Gasteiger partial charge on any atom is 0.416 e. The Kier molecular flexibility index (Phi) is 2.10. The lowest BCUT2D eigenvalue weighted by molar-refractivity contribution is -0.137. The Bertz CT molecular complexity index is 574. The van der Waals surface area contributed by atoms with Crippen molar-refractivity contribution in [3.05, 3.63) is 46.5 Å². The number of carboxylic acid groups (broad SMARTS) is 1. The first kappa shape index (κ1) is 11.3. The van der Waals surface area contributed by atoms with Crippen LogP contribution in [0.2, 0.25) is 0 Å². The zero-order valence-corrected chi connectivity index (χ0v) is 8.86. The van der Waals surface area contributed by atoms with Crippen molar-refractivity contribution in [3.8, 4) is 0 Å². The molecule has 1 aromatic carbocycles. The van der Waals surface area contributed by atoms with Gasteiger partial charge in [0, 0.05) is 0 Å². The summed E-state index contributed by atoms with van der Waals surface area (Å²) in [5, 5.41) is 8.92. The molecule has 2 bridgehead atoms. The van der Waals surface area contributed by atoms with Crippen LogP contribution in [0.4, 0.5) is 13.2 Å². The number of hydrogen-bond donors (Lipinski definition) is 1. The van der Waals surface area contributed by atoms with Crippen LogP contribution in [0.3, 0.4) is 0 Å². The zero-order chi connectivity index (χ0) is 13.1. The second kappa shape index (κ2) is 3.35. The van der Waals surface area contributed by atoms with E-state index in [0.29, 0.717) is 11.1 Å². The third-order valence-electron chi connectivity index (χ3n) is 3.15. The highest BCUT2D eigenvalue weighted by Gasteiger charge is 2.43. The molecule has 3 rings (SSSR count). The molecule has 0 spiro atoms. The van der Waals surface area contributed by atoms with Crippen molar-refractivity contribution < 1.29 is 27.8 Å². The number of fused-ring (bicyclic) bond motifs is 5. The summed E-state index contributed by atoms with van der Waals surface area (Å²) in [5.74, 6) is -1.16. The van der Waals surface area contributed by atoms with E-state index in [1.165, 1.54) is 12.1 Å². The van der Waals surface area contributed by atoms with Gasteiger partial charge in [-0.3, -0.25) is 0 Å². The van der Waals surface area contributed by atoms with Crippen molar-refractivity contribution in [3.63, 3.8) is 0 Å². The van der Waals surface area contributed by atoms with Crippen LogP contribution in [-0.4, -0.2) is 11.1 Å². The Morgan fingerprint density at radius 1 is 1.28 bits per heavy atom. The van der Waals surface area contributed by atoms with Crippen LogP contribution in [0.15, 0.2) is 29.8 Å². The average molecular weight is 256 g/mol. The molecule has 0 radical (unpaired) electrons. The molecule has 0 aromatic heterocycles. The lowest BCUT2D eigenvalue weighted by Gasteiger charge is -2.14. The van der Waals surface area contributed by atoms with Crippen molar-refractivity contribution in [2.75, 3.05) is 0 Å². The molecule has 1 N–H and O–H groups in total. The highest BCUT2D eigenvalue weighted by atomic mass is 19.4. The summed E-state index contributed by atoms with van der Waals surface area (Å²) >= 11 is 0. The Balaban J connectivity index is 2.07. The average Bonchev–Trinajstić information content (AvgIpc) is 2.85. The van der Waals surface area contributed by atoms with E-state index in [1.807, 2.05) is 0 Å². The summed E-state index contributed by atoms with van der Waals surface area (Å²) in [6.07, 6.45) is -4.43. The number of ether oxygens (including phenoxy) is 1. The molecular weight excluding hydrogens is 249 g/mol. The number of carboxylic acids is 1. The molecule has 0 aliphatic carbocycles. The second-order valence-electron chi connectivity index (χ2n) is 4.21. The molecule has 0 fully saturated rings. The van der Waals surface area contributed by atoms with E-state index in [1.54, 1.807) is 0 Å². The summed E-state index contributed by atoms with van der Waals surface area (Å²) in [4.78, 5) is 10.9. The van der Waals surface area contributed by atoms with Crippen LogP contribution in [0.25, 0.3) is 0 Å². The number of carbonyl (C=O) groups is 1. The van der Waals surface area contributed by atoms with Gasteiger partial charge in [0.05, 0.1) is 11.1 Å². The first-order valence-electron chi connectivity index (χ1n) is 5.19. The molecule has 0 saturated heterocycles. The minimum absolute atomic E-state index is 0.00632. The smallest absolute Gasteiger partial charge is 0.416 e. The quantitative estimate of drug-likeness (QED) is 0.840. The van der Waals surface area contributed by atoms with E-state index >= 15 is 0 Å². The summed E-state index contributed by atoms with van der Waals surface area (Å²) < 4.78 is 43.1. The van der Waals surface area contributed by atoms with Gasteiger partial charge in [-0.15, -0.1) is 0 Å². The van der Waals surface area contributed by atoms with E-state index in [9.17, 15) is 18.0 Å². The topological polar surface area (TPSA) is 46.5 Å². The maximum absolute atomic E-state index is 12.6. The van der Waals surface area contributed by atoms with E-state index < -0.39 is 29.9 Å². The molecule has 2 aliphatic heterocycles. The van der Waals surface area contributed by atoms with Crippen molar-refractivity contribution in [1.82, 2.24) is 0 Å². The number of halogens is 3. The van der Waals surface area contributed by atoms with Crippen LogP contribution >= 0.6 is 0 Å². The Morgan fingerprint density at radius 2 is 2.00 bits per heavy atom. The van der Waals surface area contributed by atoms with Crippen molar-refractivity contribution in [2.24, 2.45) is 0 Å². The van der Waals surface area contributed by atoms with Gasteiger partial charge in [0.2, 0.25) is 0 Å². The van der Waals surface area contributed by atoms with Crippen molar-refractivity contribution in [2.45, 2.75) is 18.4 Å². The number of rotatable bonds is 1. The molecule has 2 unspecified atom stereocenters. The van der Waals surface area contributed by atoms with Crippen molar-refractivity contribution >= 4 is 5.97 Å². The highest BCUT2D eigenvalue weighted by Crippen LogP contribution is 2.50. The van der Waals surface area contributed by atoms with E-state index in [0.717, 1.165) is 12.1 Å². The van der Waals surface area contributed by atoms with Gasteiger partial charge in [0.15, 0.2) is 0 Å². The molecule has 6 heteroatoms. The van der Waals surface area contributed by atoms with Crippen LogP contribution < -0.4 is 0 Å². The molecule has 18 heavy (non-hydrogen) atoms. The lowest BCUT2D eigenvalue weighted by atomic mass is 9.90. The molecule has 2 aliphatic rings. The lowest BCUT2D eigenvalue weighted by Crippen LogP contribution is -2.11. The Hall–Kier alpha value is -1.82. The molecule has 0 saturated carbocycles. The number of benzene rings is 1. The van der Waals surface area contributed by atoms with Crippen LogP contribution in [0.5, 0.6) is 0 Å². The van der Waals surface area contributed by atoms with E-state index in [-0.39, 0.29) is 5.57 Å². The third-order valence-corrected chi connectivity index (χ3v) is 3.15. The van der Waals surface area contributed by atoms with Gasteiger partial charge in [0.25, 0.3) is 0 Å². The van der Waals surface area contributed by atoms with Gasteiger partial charge in [-0.1, -0.05) is 6.07 Å².